The maximum Gasteiger partial charge on any atom is 0.196 e. The molecule has 4 nitrogen and oxygen atoms in total. The minimum Gasteiger partial charge on any atom is -0.275 e. The van der Waals surface area contributed by atoms with Crippen molar-refractivity contribution in [2.75, 3.05) is 0 Å². The summed E-state index contributed by atoms with van der Waals surface area (Å²) in [6.45, 7) is 1.79. The van der Waals surface area contributed by atoms with Gasteiger partial charge in [0, 0.05) is 6.20 Å². The third-order valence-corrected chi connectivity index (χ3v) is 3.29. The Hall–Kier alpha value is -0.960. The Labute approximate surface area is 106 Å². The quantitative estimate of drug-likeness (QED) is 0.789. The SMILES string of the molecule is C[C@H](C#N)Sc1nnc2c(Cl)cc(Cl)cn12. The number of hydrogen-bond acceptors (Lipinski definition) is 4. The molecule has 16 heavy (non-hydrogen) atoms. The number of rotatable bonds is 2. The molecular weight excluding hydrogens is 267 g/mol. The molecule has 2 heterocycles. The number of aromatic nitrogens is 3. The van der Waals surface area contributed by atoms with E-state index in [1.807, 2.05) is 0 Å². The second-order valence-electron chi connectivity index (χ2n) is 3.07. The Morgan fingerprint density at radius 3 is 2.94 bits per heavy atom. The maximum atomic E-state index is 8.73. The van der Waals surface area contributed by atoms with Gasteiger partial charge in [-0.25, -0.2) is 0 Å². The van der Waals surface area contributed by atoms with E-state index in [9.17, 15) is 0 Å². The second kappa shape index (κ2) is 4.50. The average Bonchev–Trinajstić information content (AvgIpc) is 2.61. The van der Waals surface area contributed by atoms with E-state index in [-0.39, 0.29) is 5.25 Å². The monoisotopic (exact) mass is 272 g/mol. The summed E-state index contributed by atoms with van der Waals surface area (Å²) in [5.41, 5.74) is 0.540. The van der Waals surface area contributed by atoms with Gasteiger partial charge in [-0.1, -0.05) is 35.0 Å². The summed E-state index contributed by atoms with van der Waals surface area (Å²) in [6, 6.07) is 3.72. The van der Waals surface area contributed by atoms with Crippen LogP contribution < -0.4 is 0 Å². The van der Waals surface area contributed by atoms with Gasteiger partial charge in [0.25, 0.3) is 0 Å². The van der Waals surface area contributed by atoms with Crippen molar-refractivity contribution in [3.05, 3.63) is 22.3 Å². The van der Waals surface area contributed by atoms with E-state index < -0.39 is 0 Å². The Bertz CT molecular complexity index is 575. The van der Waals surface area contributed by atoms with Crippen LogP contribution in [-0.4, -0.2) is 19.8 Å². The first kappa shape index (κ1) is 11.5. The first-order valence-corrected chi connectivity index (χ1v) is 6.01. The molecule has 0 aliphatic heterocycles. The molecular formula is C9H6Cl2N4S. The number of pyridine rings is 1. The summed E-state index contributed by atoms with van der Waals surface area (Å²) in [5, 5.41) is 18.0. The molecule has 0 aromatic carbocycles. The van der Waals surface area contributed by atoms with Crippen LogP contribution in [0, 0.1) is 11.3 Å². The standard InChI is InChI=1S/C9H6Cl2N4S/c1-5(3-12)16-9-14-13-8-7(11)2-6(10)4-15(8)9/h2,4-5H,1H3/t5-/m1/s1. The van der Waals surface area contributed by atoms with E-state index in [2.05, 4.69) is 16.3 Å². The Morgan fingerprint density at radius 1 is 1.50 bits per heavy atom. The van der Waals surface area contributed by atoms with Crippen LogP contribution in [0.15, 0.2) is 17.4 Å². The first-order valence-electron chi connectivity index (χ1n) is 4.38. The molecule has 0 fully saturated rings. The molecule has 0 saturated carbocycles. The lowest BCUT2D eigenvalue weighted by molar-refractivity contribution is 0.918. The predicted octanol–water partition coefficient (Wildman–Crippen LogP) is 3.04. The number of halogens is 2. The molecule has 2 aromatic heterocycles. The van der Waals surface area contributed by atoms with Crippen molar-refractivity contribution in [1.29, 1.82) is 5.26 Å². The molecule has 0 spiro atoms. The van der Waals surface area contributed by atoms with Crippen LogP contribution in [-0.2, 0) is 0 Å². The first-order chi connectivity index (χ1) is 7.61. The zero-order chi connectivity index (χ0) is 11.7. The van der Waals surface area contributed by atoms with Crippen LogP contribution in [0.25, 0.3) is 5.65 Å². The van der Waals surface area contributed by atoms with Gasteiger partial charge >= 0.3 is 0 Å². The molecule has 82 valence electrons. The molecule has 2 aromatic rings. The van der Waals surface area contributed by atoms with Gasteiger partial charge in [0.15, 0.2) is 10.8 Å². The van der Waals surface area contributed by atoms with Crippen LogP contribution >= 0.6 is 35.0 Å². The van der Waals surface area contributed by atoms with Crippen LogP contribution in [0.3, 0.4) is 0 Å². The van der Waals surface area contributed by atoms with Gasteiger partial charge in [0.2, 0.25) is 0 Å². The van der Waals surface area contributed by atoms with Crippen molar-refractivity contribution >= 4 is 40.6 Å². The number of nitriles is 1. The lowest BCUT2D eigenvalue weighted by Crippen LogP contribution is -1.94. The largest absolute Gasteiger partial charge is 0.275 e. The summed E-state index contributed by atoms with van der Waals surface area (Å²) in [4.78, 5) is 0. The maximum absolute atomic E-state index is 8.73. The van der Waals surface area contributed by atoms with Crippen LogP contribution in [0.1, 0.15) is 6.92 Å². The summed E-state index contributed by atoms with van der Waals surface area (Å²) in [6.07, 6.45) is 1.68. The summed E-state index contributed by atoms with van der Waals surface area (Å²) in [7, 11) is 0. The third kappa shape index (κ3) is 2.09. The summed E-state index contributed by atoms with van der Waals surface area (Å²) >= 11 is 13.2. The molecule has 0 aliphatic carbocycles. The Balaban J connectivity index is 2.52. The molecule has 0 unspecified atom stereocenters. The van der Waals surface area contributed by atoms with Crippen molar-refractivity contribution in [2.45, 2.75) is 17.3 Å². The molecule has 0 bridgehead atoms. The van der Waals surface area contributed by atoms with Gasteiger partial charge in [0.1, 0.15) is 0 Å². The van der Waals surface area contributed by atoms with Crippen molar-refractivity contribution in [3.8, 4) is 6.07 Å². The number of nitrogens with zero attached hydrogens (tertiary/aromatic N) is 4. The number of thioether (sulfide) groups is 1. The molecule has 0 aliphatic rings. The fraction of sp³-hybridized carbons (Fsp3) is 0.222. The smallest absolute Gasteiger partial charge is 0.196 e. The zero-order valence-electron chi connectivity index (χ0n) is 8.19. The molecule has 0 N–H and O–H groups in total. The molecule has 1 atom stereocenters. The van der Waals surface area contributed by atoms with Gasteiger partial charge in [0.05, 0.1) is 21.4 Å². The van der Waals surface area contributed by atoms with Crippen molar-refractivity contribution in [1.82, 2.24) is 14.6 Å². The van der Waals surface area contributed by atoms with Crippen LogP contribution in [0.5, 0.6) is 0 Å². The Kier molecular flexibility index (Phi) is 3.24. The van der Waals surface area contributed by atoms with E-state index in [4.69, 9.17) is 28.5 Å². The molecule has 0 amide bonds. The third-order valence-electron chi connectivity index (χ3n) is 1.86. The highest BCUT2D eigenvalue weighted by Gasteiger charge is 2.12. The fourth-order valence-electron chi connectivity index (χ4n) is 1.17. The lowest BCUT2D eigenvalue weighted by atomic mass is 10.5. The molecule has 7 heteroatoms. The topological polar surface area (TPSA) is 54.0 Å². The highest BCUT2D eigenvalue weighted by Crippen LogP contribution is 2.26. The van der Waals surface area contributed by atoms with Gasteiger partial charge in [-0.15, -0.1) is 10.2 Å². The van der Waals surface area contributed by atoms with Crippen LogP contribution in [0.2, 0.25) is 10.0 Å². The highest BCUT2D eigenvalue weighted by molar-refractivity contribution is 8.00. The predicted molar refractivity (Wildman–Crippen MR) is 63.9 cm³/mol. The molecule has 0 radical (unpaired) electrons. The highest BCUT2D eigenvalue weighted by atomic mass is 35.5. The van der Waals surface area contributed by atoms with Gasteiger partial charge in [-0.2, -0.15) is 5.26 Å². The summed E-state index contributed by atoms with van der Waals surface area (Å²) in [5.74, 6) is 0. The van der Waals surface area contributed by atoms with E-state index in [0.717, 1.165) is 0 Å². The Morgan fingerprint density at radius 2 is 2.25 bits per heavy atom. The van der Waals surface area contributed by atoms with E-state index in [1.54, 1.807) is 23.6 Å². The number of fused-ring (bicyclic) bond motifs is 1. The van der Waals surface area contributed by atoms with E-state index >= 15 is 0 Å². The minimum atomic E-state index is -0.204. The average molecular weight is 273 g/mol. The van der Waals surface area contributed by atoms with Gasteiger partial charge < -0.3 is 0 Å². The second-order valence-corrected chi connectivity index (χ2v) is 5.22. The van der Waals surface area contributed by atoms with Crippen molar-refractivity contribution < 1.29 is 0 Å². The normalized spacial score (nSPS) is 12.6. The molecule has 2 rings (SSSR count). The van der Waals surface area contributed by atoms with Crippen molar-refractivity contribution in [3.63, 3.8) is 0 Å². The van der Waals surface area contributed by atoms with E-state index in [1.165, 1.54) is 11.8 Å². The minimum absolute atomic E-state index is 0.204. The van der Waals surface area contributed by atoms with Gasteiger partial charge in [-0.3, -0.25) is 4.40 Å². The number of hydrogen-bond donors (Lipinski definition) is 0. The fourth-order valence-corrected chi connectivity index (χ4v) is 2.39. The zero-order valence-corrected chi connectivity index (χ0v) is 10.5. The van der Waals surface area contributed by atoms with Crippen molar-refractivity contribution in [2.24, 2.45) is 0 Å². The van der Waals surface area contributed by atoms with Crippen LogP contribution in [0.4, 0.5) is 0 Å². The van der Waals surface area contributed by atoms with E-state index in [0.29, 0.717) is 20.8 Å². The summed E-state index contributed by atoms with van der Waals surface area (Å²) < 4.78 is 1.68. The lowest BCUT2D eigenvalue weighted by Gasteiger charge is -2.01. The van der Waals surface area contributed by atoms with Gasteiger partial charge in [-0.05, 0) is 13.0 Å². The molecule has 0 saturated heterocycles.